The Morgan fingerprint density at radius 3 is 2.83 bits per heavy atom. The van der Waals surface area contributed by atoms with E-state index in [1.54, 1.807) is 0 Å². The lowest BCUT2D eigenvalue weighted by Crippen LogP contribution is -2.00. The minimum absolute atomic E-state index is 0.790. The minimum Gasteiger partial charge on any atom is -0.338 e. The molecule has 0 bridgehead atoms. The van der Waals surface area contributed by atoms with E-state index in [2.05, 4.69) is 34.2 Å². The Labute approximate surface area is 107 Å². The van der Waals surface area contributed by atoms with Crippen LogP contribution in [0.3, 0.4) is 0 Å². The van der Waals surface area contributed by atoms with Crippen LogP contribution in [-0.2, 0) is 13.0 Å². The molecule has 0 aliphatic heterocycles. The molecule has 0 fully saturated rings. The van der Waals surface area contributed by atoms with Gasteiger partial charge in [-0.2, -0.15) is 5.10 Å². The molecule has 0 atom stereocenters. The first-order valence-electron chi connectivity index (χ1n) is 6.35. The number of nitrogens with zero attached hydrogens (tertiary/aromatic N) is 4. The summed E-state index contributed by atoms with van der Waals surface area (Å²) in [5, 5.41) is 7.54. The van der Waals surface area contributed by atoms with Crippen LogP contribution in [0.5, 0.6) is 0 Å². The quantitative estimate of drug-likeness (QED) is 0.880. The average Bonchev–Trinajstić information content (AvgIpc) is 2.76. The van der Waals surface area contributed by atoms with Crippen LogP contribution in [0.15, 0.2) is 18.5 Å². The van der Waals surface area contributed by atoms with Crippen LogP contribution in [0.1, 0.15) is 31.8 Å². The van der Waals surface area contributed by atoms with E-state index in [-0.39, 0.29) is 0 Å². The molecular formula is C13H19N5. The Hall–Kier alpha value is -1.91. The monoisotopic (exact) mass is 245 g/mol. The summed E-state index contributed by atoms with van der Waals surface area (Å²) in [7, 11) is 0. The second kappa shape index (κ2) is 5.62. The molecule has 0 aliphatic rings. The molecule has 0 radical (unpaired) electrons. The van der Waals surface area contributed by atoms with Crippen LogP contribution in [0.25, 0.3) is 0 Å². The first kappa shape index (κ1) is 12.5. The Kier molecular flexibility index (Phi) is 3.92. The number of aryl methyl sites for hydroxylation is 3. The Bertz CT molecular complexity index is 518. The van der Waals surface area contributed by atoms with E-state index in [1.807, 2.05) is 30.1 Å². The average molecular weight is 245 g/mol. The van der Waals surface area contributed by atoms with Gasteiger partial charge in [0.05, 0.1) is 11.9 Å². The summed E-state index contributed by atoms with van der Waals surface area (Å²) in [6.45, 7) is 7.07. The smallest absolute Gasteiger partial charge is 0.134 e. The highest BCUT2D eigenvalue weighted by Crippen LogP contribution is 2.15. The third-order valence-electron chi connectivity index (χ3n) is 2.61. The van der Waals surface area contributed by atoms with Gasteiger partial charge >= 0.3 is 0 Å². The Morgan fingerprint density at radius 2 is 2.11 bits per heavy atom. The molecule has 0 saturated heterocycles. The highest BCUT2D eigenvalue weighted by molar-refractivity contribution is 5.54. The minimum atomic E-state index is 0.790. The summed E-state index contributed by atoms with van der Waals surface area (Å²) in [5.74, 6) is 1.62. The highest BCUT2D eigenvalue weighted by atomic mass is 15.3. The van der Waals surface area contributed by atoms with Crippen molar-refractivity contribution in [3.63, 3.8) is 0 Å². The number of anilines is 2. The predicted molar refractivity (Wildman–Crippen MR) is 71.9 cm³/mol. The lowest BCUT2D eigenvalue weighted by atomic mass is 10.3. The Morgan fingerprint density at radius 1 is 1.28 bits per heavy atom. The molecule has 0 saturated carbocycles. The zero-order valence-electron chi connectivity index (χ0n) is 11.1. The second-order valence-electron chi connectivity index (χ2n) is 4.26. The van der Waals surface area contributed by atoms with E-state index in [0.717, 1.165) is 42.4 Å². The molecule has 5 nitrogen and oxygen atoms in total. The Balaban J connectivity index is 2.14. The van der Waals surface area contributed by atoms with Gasteiger partial charge in [-0.1, -0.05) is 13.8 Å². The molecule has 5 heteroatoms. The molecule has 2 heterocycles. The van der Waals surface area contributed by atoms with Gasteiger partial charge in [0.1, 0.15) is 11.6 Å². The topological polar surface area (TPSA) is 55.6 Å². The van der Waals surface area contributed by atoms with Gasteiger partial charge in [0.25, 0.3) is 0 Å². The van der Waals surface area contributed by atoms with Crippen molar-refractivity contribution in [2.45, 2.75) is 40.2 Å². The molecule has 2 rings (SSSR count). The van der Waals surface area contributed by atoms with Crippen LogP contribution in [0.2, 0.25) is 0 Å². The summed E-state index contributed by atoms with van der Waals surface area (Å²) in [4.78, 5) is 8.73. The number of hydrogen-bond acceptors (Lipinski definition) is 4. The molecule has 1 N–H and O–H groups in total. The molecular weight excluding hydrogens is 226 g/mol. The van der Waals surface area contributed by atoms with Crippen LogP contribution in [-0.4, -0.2) is 19.7 Å². The zero-order valence-corrected chi connectivity index (χ0v) is 11.1. The van der Waals surface area contributed by atoms with Crippen molar-refractivity contribution in [1.29, 1.82) is 0 Å². The maximum absolute atomic E-state index is 4.37. The van der Waals surface area contributed by atoms with E-state index in [4.69, 9.17) is 0 Å². The second-order valence-corrected chi connectivity index (χ2v) is 4.26. The summed E-state index contributed by atoms with van der Waals surface area (Å²) >= 11 is 0. The maximum atomic E-state index is 4.37. The van der Waals surface area contributed by atoms with E-state index in [0.29, 0.717) is 0 Å². The predicted octanol–water partition coefficient (Wildman–Crippen LogP) is 2.70. The van der Waals surface area contributed by atoms with Crippen molar-refractivity contribution in [3.05, 3.63) is 30.0 Å². The van der Waals surface area contributed by atoms with E-state index < -0.39 is 0 Å². The van der Waals surface area contributed by atoms with Crippen LogP contribution < -0.4 is 5.32 Å². The normalized spacial score (nSPS) is 10.6. The van der Waals surface area contributed by atoms with Crippen molar-refractivity contribution in [2.75, 3.05) is 5.32 Å². The first-order chi connectivity index (χ1) is 8.71. The lowest BCUT2D eigenvalue weighted by Gasteiger charge is -2.05. The van der Waals surface area contributed by atoms with Crippen LogP contribution >= 0.6 is 0 Å². The van der Waals surface area contributed by atoms with Crippen LogP contribution in [0.4, 0.5) is 11.5 Å². The summed E-state index contributed by atoms with van der Waals surface area (Å²) in [5.41, 5.74) is 2.01. The first-order valence-corrected chi connectivity index (χ1v) is 6.35. The summed E-state index contributed by atoms with van der Waals surface area (Å²) < 4.78 is 1.93. The maximum Gasteiger partial charge on any atom is 0.134 e. The number of nitrogens with one attached hydrogen (secondary N) is 1. The summed E-state index contributed by atoms with van der Waals surface area (Å²) in [6, 6.07) is 1.98. The SMILES string of the molecule is CCCn1cc(Nc2cc(CC)nc(C)n2)cn1. The molecule has 96 valence electrons. The van der Waals surface area contributed by atoms with Gasteiger partial charge < -0.3 is 5.32 Å². The lowest BCUT2D eigenvalue weighted by molar-refractivity contribution is 0.603. The van der Waals surface area contributed by atoms with Crippen molar-refractivity contribution < 1.29 is 0 Å². The van der Waals surface area contributed by atoms with Crippen molar-refractivity contribution in [2.24, 2.45) is 0 Å². The number of aromatic nitrogens is 4. The molecule has 0 aliphatic carbocycles. The molecule has 0 spiro atoms. The van der Waals surface area contributed by atoms with Gasteiger partial charge in [0, 0.05) is 24.5 Å². The highest BCUT2D eigenvalue weighted by Gasteiger charge is 2.03. The summed E-state index contributed by atoms with van der Waals surface area (Å²) in [6.07, 6.45) is 5.80. The van der Waals surface area contributed by atoms with Crippen molar-refractivity contribution >= 4 is 11.5 Å². The molecule has 0 unspecified atom stereocenters. The third kappa shape index (κ3) is 3.06. The van der Waals surface area contributed by atoms with E-state index in [9.17, 15) is 0 Å². The molecule has 0 amide bonds. The van der Waals surface area contributed by atoms with Gasteiger partial charge in [-0.3, -0.25) is 4.68 Å². The van der Waals surface area contributed by atoms with Gasteiger partial charge in [-0.05, 0) is 19.8 Å². The third-order valence-corrected chi connectivity index (χ3v) is 2.61. The van der Waals surface area contributed by atoms with Crippen molar-refractivity contribution in [3.8, 4) is 0 Å². The van der Waals surface area contributed by atoms with Gasteiger partial charge in [0.2, 0.25) is 0 Å². The fourth-order valence-electron chi connectivity index (χ4n) is 1.80. The fourth-order valence-corrected chi connectivity index (χ4v) is 1.80. The number of rotatable bonds is 5. The van der Waals surface area contributed by atoms with Gasteiger partial charge in [-0.15, -0.1) is 0 Å². The largest absolute Gasteiger partial charge is 0.338 e. The fraction of sp³-hybridized carbons (Fsp3) is 0.462. The van der Waals surface area contributed by atoms with Crippen LogP contribution in [0, 0.1) is 6.92 Å². The molecule has 2 aromatic heterocycles. The van der Waals surface area contributed by atoms with E-state index >= 15 is 0 Å². The standard InChI is InChI=1S/C13H19N5/c1-4-6-18-9-12(8-14-18)17-13-7-11(5-2)15-10(3)16-13/h7-9H,4-6H2,1-3H3,(H,15,16,17). The molecule has 2 aromatic rings. The molecule has 18 heavy (non-hydrogen) atoms. The van der Waals surface area contributed by atoms with Crippen molar-refractivity contribution in [1.82, 2.24) is 19.7 Å². The zero-order chi connectivity index (χ0) is 13.0. The van der Waals surface area contributed by atoms with E-state index in [1.165, 1.54) is 0 Å². The van der Waals surface area contributed by atoms with Gasteiger partial charge in [-0.25, -0.2) is 9.97 Å². The number of hydrogen-bond donors (Lipinski definition) is 1. The van der Waals surface area contributed by atoms with Gasteiger partial charge in [0.15, 0.2) is 0 Å². The molecule has 0 aromatic carbocycles.